The quantitative estimate of drug-likeness (QED) is 0.663. The number of hydrogen-bond donors (Lipinski definition) is 0. The van der Waals surface area contributed by atoms with Crippen LogP contribution in [0.1, 0.15) is 68.2 Å². The summed E-state index contributed by atoms with van der Waals surface area (Å²) in [5.74, 6) is 0.153. The molecular formula is C19H28O4. The predicted octanol–water partition coefficient (Wildman–Crippen LogP) is 4.48. The minimum Gasteiger partial charge on any atom is -0.462 e. The van der Waals surface area contributed by atoms with Crippen molar-refractivity contribution in [1.82, 2.24) is 0 Å². The van der Waals surface area contributed by atoms with Crippen molar-refractivity contribution in [3.8, 4) is 0 Å². The Morgan fingerprint density at radius 3 is 1.83 bits per heavy atom. The Bertz CT molecular complexity index is 503. The summed E-state index contributed by atoms with van der Waals surface area (Å²) in [5.41, 5.74) is 0.886. The highest BCUT2D eigenvalue weighted by Gasteiger charge is 2.14. The van der Waals surface area contributed by atoms with Gasteiger partial charge in [0.05, 0.1) is 23.8 Å². The SMILES string of the molecule is CC(C)CCC(C)OC(=O)c1ccc(C(=O)OCC(C)C)cc1. The van der Waals surface area contributed by atoms with E-state index in [9.17, 15) is 9.59 Å². The second-order valence-electron chi connectivity index (χ2n) is 6.76. The number of rotatable bonds is 8. The number of carbonyl (C=O) groups is 2. The molecule has 0 radical (unpaired) electrons. The fourth-order valence-corrected chi connectivity index (χ4v) is 1.95. The molecule has 0 saturated heterocycles. The van der Waals surface area contributed by atoms with E-state index >= 15 is 0 Å². The highest BCUT2D eigenvalue weighted by atomic mass is 16.5. The van der Waals surface area contributed by atoms with Crippen LogP contribution in [0.3, 0.4) is 0 Å². The first-order chi connectivity index (χ1) is 10.8. The molecule has 0 bridgehead atoms. The van der Waals surface area contributed by atoms with Crippen LogP contribution in [0, 0.1) is 11.8 Å². The average molecular weight is 320 g/mol. The first kappa shape index (κ1) is 19.2. The van der Waals surface area contributed by atoms with Gasteiger partial charge in [0.25, 0.3) is 0 Å². The second kappa shape index (κ2) is 9.33. The molecule has 0 spiro atoms. The molecule has 128 valence electrons. The van der Waals surface area contributed by atoms with E-state index < -0.39 is 0 Å². The molecule has 1 rings (SSSR count). The molecule has 0 amide bonds. The van der Waals surface area contributed by atoms with Gasteiger partial charge in [-0.25, -0.2) is 9.59 Å². The molecule has 4 nitrogen and oxygen atoms in total. The van der Waals surface area contributed by atoms with Crippen LogP contribution in [0.2, 0.25) is 0 Å². The smallest absolute Gasteiger partial charge is 0.338 e. The average Bonchev–Trinajstić information content (AvgIpc) is 2.50. The third kappa shape index (κ3) is 7.31. The zero-order valence-corrected chi connectivity index (χ0v) is 14.8. The van der Waals surface area contributed by atoms with Crippen LogP contribution in [-0.2, 0) is 9.47 Å². The topological polar surface area (TPSA) is 52.6 Å². The van der Waals surface area contributed by atoms with Crippen LogP contribution >= 0.6 is 0 Å². The lowest BCUT2D eigenvalue weighted by Gasteiger charge is -2.14. The molecule has 1 aromatic carbocycles. The summed E-state index contributed by atoms with van der Waals surface area (Å²) in [6, 6.07) is 6.39. The van der Waals surface area contributed by atoms with Crippen molar-refractivity contribution >= 4 is 11.9 Å². The maximum Gasteiger partial charge on any atom is 0.338 e. The van der Waals surface area contributed by atoms with Crippen molar-refractivity contribution in [2.75, 3.05) is 6.61 Å². The molecule has 1 aromatic rings. The zero-order chi connectivity index (χ0) is 17.4. The Morgan fingerprint density at radius 2 is 1.35 bits per heavy atom. The van der Waals surface area contributed by atoms with E-state index in [0.717, 1.165) is 12.8 Å². The van der Waals surface area contributed by atoms with Gasteiger partial charge in [0, 0.05) is 0 Å². The van der Waals surface area contributed by atoms with Crippen molar-refractivity contribution in [2.24, 2.45) is 11.8 Å². The molecule has 4 heteroatoms. The molecular weight excluding hydrogens is 292 g/mol. The Labute approximate surface area is 139 Å². The summed E-state index contributed by atoms with van der Waals surface area (Å²) < 4.78 is 10.6. The normalized spacial score (nSPS) is 12.3. The number of esters is 2. The van der Waals surface area contributed by atoms with Gasteiger partial charge in [-0.1, -0.05) is 27.7 Å². The van der Waals surface area contributed by atoms with E-state index in [1.54, 1.807) is 24.3 Å². The lowest BCUT2D eigenvalue weighted by molar-refractivity contribution is 0.0312. The third-order valence-corrected chi connectivity index (χ3v) is 3.36. The van der Waals surface area contributed by atoms with Gasteiger partial charge in [0.2, 0.25) is 0 Å². The zero-order valence-electron chi connectivity index (χ0n) is 14.8. The van der Waals surface area contributed by atoms with Crippen molar-refractivity contribution in [2.45, 2.75) is 53.6 Å². The molecule has 23 heavy (non-hydrogen) atoms. The van der Waals surface area contributed by atoms with E-state index in [1.807, 2.05) is 20.8 Å². The highest BCUT2D eigenvalue weighted by Crippen LogP contribution is 2.13. The van der Waals surface area contributed by atoms with Crippen molar-refractivity contribution in [1.29, 1.82) is 0 Å². The van der Waals surface area contributed by atoms with Crippen LogP contribution in [0.4, 0.5) is 0 Å². The molecule has 0 aliphatic heterocycles. The van der Waals surface area contributed by atoms with Gasteiger partial charge in [-0.2, -0.15) is 0 Å². The van der Waals surface area contributed by atoms with Gasteiger partial charge in [-0.3, -0.25) is 0 Å². The van der Waals surface area contributed by atoms with Crippen LogP contribution in [0.25, 0.3) is 0 Å². The van der Waals surface area contributed by atoms with Gasteiger partial charge >= 0.3 is 11.9 Å². The van der Waals surface area contributed by atoms with E-state index in [1.165, 1.54) is 0 Å². The Kier molecular flexibility index (Phi) is 7.79. The monoisotopic (exact) mass is 320 g/mol. The third-order valence-electron chi connectivity index (χ3n) is 3.36. The fourth-order valence-electron chi connectivity index (χ4n) is 1.95. The summed E-state index contributed by atoms with van der Waals surface area (Å²) in [7, 11) is 0. The molecule has 0 N–H and O–H groups in total. The van der Waals surface area contributed by atoms with Crippen molar-refractivity contribution < 1.29 is 19.1 Å². The summed E-state index contributed by atoms with van der Waals surface area (Å²) >= 11 is 0. The van der Waals surface area contributed by atoms with Gasteiger partial charge in [-0.05, 0) is 55.9 Å². The first-order valence-electron chi connectivity index (χ1n) is 8.27. The lowest BCUT2D eigenvalue weighted by atomic mass is 10.1. The Hall–Kier alpha value is -1.84. The van der Waals surface area contributed by atoms with Crippen molar-refractivity contribution in [3.63, 3.8) is 0 Å². The summed E-state index contributed by atoms with van der Waals surface area (Å²) in [6.45, 7) is 10.5. The van der Waals surface area contributed by atoms with E-state index in [0.29, 0.717) is 29.6 Å². The van der Waals surface area contributed by atoms with E-state index in [2.05, 4.69) is 13.8 Å². The molecule has 1 atom stereocenters. The number of carbonyl (C=O) groups excluding carboxylic acids is 2. The number of benzene rings is 1. The maximum atomic E-state index is 12.1. The van der Waals surface area contributed by atoms with Gasteiger partial charge < -0.3 is 9.47 Å². The van der Waals surface area contributed by atoms with Crippen LogP contribution in [0.5, 0.6) is 0 Å². The maximum absolute atomic E-state index is 12.1. The molecule has 0 fully saturated rings. The van der Waals surface area contributed by atoms with Crippen LogP contribution in [0.15, 0.2) is 24.3 Å². The minimum atomic E-state index is -0.371. The minimum absolute atomic E-state index is 0.111. The number of hydrogen-bond acceptors (Lipinski definition) is 4. The van der Waals surface area contributed by atoms with Gasteiger partial charge in [0.1, 0.15) is 0 Å². The Morgan fingerprint density at radius 1 is 0.826 bits per heavy atom. The van der Waals surface area contributed by atoms with Crippen molar-refractivity contribution in [3.05, 3.63) is 35.4 Å². The second-order valence-corrected chi connectivity index (χ2v) is 6.76. The molecule has 1 unspecified atom stereocenters. The standard InChI is InChI=1S/C19H28O4/c1-13(2)6-7-15(5)23-19(21)17-10-8-16(9-11-17)18(20)22-12-14(3)4/h8-11,13-15H,6-7,12H2,1-5H3. The molecule has 0 aromatic heterocycles. The highest BCUT2D eigenvalue weighted by molar-refractivity contribution is 5.93. The van der Waals surface area contributed by atoms with Crippen LogP contribution < -0.4 is 0 Å². The first-order valence-corrected chi connectivity index (χ1v) is 8.27. The largest absolute Gasteiger partial charge is 0.462 e. The summed E-state index contributed by atoms with van der Waals surface area (Å²) in [6.07, 6.45) is 1.76. The summed E-state index contributed by atoms with van der Waals surface area (Å²) in [5, 5.41) is 0. The lowest BCUT2D eigenvalue weighted by Crippen LogP contribution is -2.16. The van der Waals surface area contributed by atoms with E-state index in [-0.39, 0.29) is 18.0 Å². The number of ether oxygens (including phenoxy) is 2. The summed E-state index contributed by atoms with van der Waals surface area (Å²) in [4.78, 5) is 23.9. The Balaban J connectivity index is 2.55. The van der Waals surface area contributed by atoms with Gasteiger partial charge in [-0.15, -0.1) is 0 Å². The van der Waals surface area contributed by atoms with Crippen LogP contribution in [-0.4, -0.2) is 24.6 Å². The molecule has 0 heterocycles. The predicted molar refractivity (Wildman–Crippen MR) is 90.5 cm³/mol. The fraction of sp³-hybridized carbons (Fsp3) is 0.579. The van der Waals surface area contributed by atoms with E-state index in [4.69, 9.17) is 9.47 Å². The molecule has 0 saturated carbocycles. The molecule has 0 aliphatic rings. The van der Waals surface area contributed by atoms with Gasteiger partial charge in [0.15, 0.2) is 0 Å². The molecule has 0 aliphatic carbocycles.